The molecular formula is C76H73IrN5OSi+. The number of nitriles is 1. The van der Waals surface area contributed by atoms with Crippen LogP contribution in [-0.4, -0.2) is 17.6 Å². The van der Waals surface area contributed by atoms with E-state index in [2.05, 4.69) is 229 Å². The molecule has 8 heteroatoms. The summed E-state index contributed by atoms with van der Waals surface area (Å²) >= 11 is 0. The Bertz CT molecular complexity index is 4320. The number of imidazole rings is 2. The number of nitrogens with zero attached hydrogens (tertiary/aromatic N) is 5. The Morgan fingerprint density at radius 2 is 1.23 bits per heavy atom. The fourth-order valence-electron chi connectivity index (χ4n) is 12.6. The monoisotopic (exact) mass is 1290 g/mol. The van der Waals surface area contributed by atoms with Gasteiger partial charge in [-0.05, 0) is 141 Å². The number of hydrogen-bond acceptors (Lipinski definition) is 3. The van der Waals surface area contributed by atoms with Crippen molar-refractivity contribution in [3.8, 4) is 62.5 Å². The van der Waals surface area contributed by atoms with Crippen LogP contribution >= 0.6 is 0 Å². The Balaban J connectivity index is 0.000000182. The third-order valence-electron chi connectivity index (χ3n) is 17.3. The third-order valence-corrected chi connectivity index (χ3v) is 20.6. The average Bonchev–Trinajstić information content (AvgIpc) is 3.39. The molecule has 0 atom stereocenters. The maximum Gasteiger partial charge on any atom is 3.00 e. The molecule has 12 aromatic rings. The molecule has 0 spiro atoms. The van der Waals surface area contributed by atoms with E-state index in [9.17, 15) is 5.26 Å². The molecule has 1 aliphatic rings. The number of fused-ring (bicyclic) bond motifs is 5. The van der Waals surface area contributed by atoms with Crippen LogP contribution in [0.5, 0.6) is 0 Å². The first kappa shape index (κ1) is 57.9. The van der Waals surface area contributed by atoms with Gasteiger partial charge in [-0.2, -0.15) is 5.26 Å². The van der Waals surface area contributed by atoms with Crippen LogP contribution in [-0.2, 0) is 20.1 Å². The van der Waals surface area contributed by atoms with E-state index in [-0.39, 0.29) is 31.9 Å². The van der Waals surface area contributed by atoms with Crippen molar-refractivity contribution in [2.75, 3.05) is 0 Å². The summed E-state index contributed by atoms with van der Waals surface area (Å²) in [6.45, 7) is 23.6. The van der Waals surface area contributed by atoms with Gasteiger partial charge in [-0.25, -0.2) is 0 Å². The fraction of sp³-hybridized carbons (Fsp3) is 0.250. The third kappa shape index (κ3) is 11.1. The smallest absolute Gasteiger partial charge is 0.500 e. The van der Waals surface area contributed by atoms with Crippen LogP contribution in [0.15, 0.2) is 186 Å². The molecule has 0 saturated carbocycles. The van der Waals surface area contributed by atoms with E-state index in [1.54, 1.807) is 11.6 Å². The van der Waals surface area contributed by atoms with Crippen molar-refractivity contribution in [3.05, 3.63) is 228 Å². The van der Waals surface area contributed by atoms with Gasteiger partial charge in [0.2, 0.25) is 0 Å². The minimum atomic E-state index is -0.982. The second-order valence-corrected chi connectivity index (χ2v) is 30.2. The zero-order chi connectivity index (χ0) is 57.7. The second-order valence-electron chi connectivity index (χ2n) is 24.9. The summed E-state index contributed by atoms with van der Waals surface area (Å²) in [7, 11) is -0.982. The maximum atomic E-state index is 9.53. The first-order valence-corrected chi connectivity index (χ1v) is 33.3. The summed E-state index contributed by atoms with van der Waals surface area (Å²) in [5.41, 5.74) is 22.2. The Labute approximate surface area is 510 Å². The van der Waals surface area contributed by atoms with E-state index in [1.807, 2.05) is 42.5 Å². The van der Waals surface area contributed by atoms with Crippen molar-refractivity contribution in [1.29, 1.82) is 5.26 Å². The Hall–Kier alpha value is -7.92. The first-order chi connectivity index (χ1) is 40.2. The molecule has 0 N–H and O–H groups in total. The molecule has 0 unspecified atom stereocenters. The van der Waals surface area contributed by atoms with Gasteiger partial charge in [0.05, 0.1) is 50.9 Å². The molecule has 1 aliphatic heterocycles. The van der Waals surface area contributed by atoms with Crippen LogP contribution in [0, 0.1) is 23.5 Å². The van der Waals surface area contributed by atoms with Gasteiger partial charge < -0.3 is 13.6 Å². The van der Waals surface area contributed by atoms with E-state index < -0.39 is 8.07 Å². The van der Waals surface area contributed by atoms with Gasteiger partial charge in [0.1, 0.15) is 5.58 Å². The van der Waals surface area contributed by atoms with Crippen molar-refractivity contribution >= 4 is 52.1 Å². The van der Waals surface area contributed by atoms with Crippen molar-refractivity contribution in [2.45, 2.75) is 123 Å². The van der Waals surface area contributed by atoms with Crippen LogP contribution in [0.3, 0.4) is 0 Å². The number of furan rings is 1. The predicted octanol–water partition coefficient (Wildman–Crippen LogP) is 20.2. The standard InChI is InChI=1S/C44H34N3O.C32H39N2Si.Ir/c1-27(2)37-24-33(32-20-18-31(19-21-32)30-11-6-5-7-12-30)25-38(28(3)4)42(37)47-40-16-9-8-15-39(40)46-44(47)36-14-10-13-35-34-22-17-29(26-45)23-41(34)48-43(35)36;1-22(2)27-20-26(24-16-18-35(5,6)19-17-24)21-28(23(3)4)31(27)34-30-15-11-10-14-29(30)33-32(34)25-12-8-7-9-13-25;/h5-13,15-25,27-28H,1-4H3;7-12,14-15,20-24H,16-19H2,1-6H3;/q2*-1;+3. The number of benzene rings is 9. The van der Waals surface area contributed by atoms with Crippen LogP contribution in [0.2, 0.25) is 25.2 Å². The molecule has 0 bridgehead atoms. The van der Waals surface area contributed by atoms with Gasteiger partial charge in [-0.15, -0.1) is 54.1 Å². The molecule has 9 aromatic carbocycles. The first-order valence-electron chi connectivity index (χ1n) is 29.9. The van der Waals surface area contributed by atoms with Gasteiger partial charge in [-0.1, -0.05) is 189 Å². The van der Waals surface area contributed by atoms with E-state index in [4.69, 9.17) is 14.4 Å². The molecule has 0 aliphatic carbocycles. The van der Waals surface area contributed by atoms with Crippen LogP contribution < -0.4 is 9.55 Å². The Morgan fingerprint density at radius 1 is 0.619 bits per heavy atom. The molecule has 13 rings (SSSR count). The second kappa shape index (κ2) is 24.0. The summed E-state index contributed by atoms with van der Waals surface area (Å²) in [5, 5.41) is 11.5. The van der Waals surface area contributed by atoms with E-state index in [0.29, 0.717) is 34.5 Å². The molecule has 6 nitrogen and oxygen atoms in total. The summed E-state index contributed by atoms with van der Waals surface area (Å²) in [6.07, 6.45) is 2.71. The topological polar surface area (TPSA) is 72.7 Å². The SMILES string of the molecule is CC(C)c1cc(-c2ccc(-c3ccccc3)cc2)cc(C(C)C)c1-[n+]1c(-c2[c-]ccc3c2oc2cc(C#N)ccc23)[n-]c2ccccc21.CC(C)c1cc(C2CC[Si](C)(C)CC2)cc(C(C)C)c1-n1c(-c2[c-]cccc2)nc2ccccc21.[Ir+3]. The van der Waals surface area contributed by atoms with Gasteiger partial charge in [0, 0.05) is 24.8 Å². The van der Waals surface area contributed by atoms with Crippen LogP contribution in [0.25, 0.3) is 100 Å². The predicted molar refractivity (Wildman–Crippen MR) is 347 cm³/mol. The van der Waals surface area contributed by atoms with E-state index >= 15 is 0 Å². The van der Waals surface area contributed by atoms with Crippen molar-refractivity contribution < 1.29 is 29.1 Å². The molecule has 0 amide bonds. The average molecular weight is 1290 g/mol. The summed E-state index contributed by atoms with van der Waals surface area (Å²) in [4.78, 5) is 10.4. The van der Waals surface area contributed by atoms with Gasteiger partial charge in [-0.3, -0.25) is 9.97 Å². The number of rotatable bonds is 11. The molecule has 84 heavy (non-hydrogen) atoms. The molecule has 4 heterocycles. The van der Waals surface area contributed by atoms with Gasteiger partial charge in [0.15, 0.2) is 0 Å². The van der Waals surface area contributed by atoms with Crippen LogP contribution in [0.1, 0.15) is 131 Å². The quantitative estimate of drug-likeness (QED) is 0.0735. The largest absolute Gasteiger partial charge is 3.00 e. The Morgan fingerprint density at radius 3 is 1.87 bits per heavy atom. The summed E-state index contributed by atoms with van der Waals surface area (Å²) < 4.78 is 11.2. The maximum absolute atomic E-state index is 9.53. The minimum Gasteiger partial charge on any atom is -0.500 e. The van der Waals surface area contributed by atoms with Gasteiger partial charge >= 0.3 is 20.1 Å². The number of para-hydroxylation sites is 4. The molecule has 0 radical (unpaired) electrons. The Kier molecular flexibility index (Phi) is 16.5. The minimum absolute atomic E-state index is 0. The zero-order valence-corrected chi connectivity index (χ0v) is 53.4. The normalized spacial score (nSPS) is 13.5. The van der Waals surface area contributed by atoms with E-state index in [1.165, 1.54) is 80.6 Å². The van der Waals surface area contributed by atoms with Crippen molar-refractivity contribution in [1.82, 2.24) is 14.5 Å². The molecule has 1 saturated heterocycles. The molecular weight excluding hydrogens is 1220 g/mol. The molecule has 1 fully saturated rings. The molecule has 420 valence electrons. The van der Waals surface area contributed by atoms with Crippen molar-refractivity contribution in [2.24, 2.45) is 0 Å². The molecule has 3 aromatic heterocycles. The number of aromatic nitrogens is 4. The summed E-state index contributed by atoms with van der Waals surface area (Å²) in [6, 6.07) is 76.0. The van der Waals surface area contributed by atoms with Crippen molar-refractivity contribution in [3.63, 3.8) is 0 Å². The fourth-order valence-corrected chi connectivity index (χ4v) is 15.2. The van der Waals surface area contributed by atoms with Gasteiger partial charge in [0.25, 0.3) is 0 Å². The van der Waals surface area contributed by atoms with E-state index in [0.717, 1.165) is 55.8 Å². The zero-order valence-electron chi connectivity index (χ0n) is 50.0. The number of hydrogen-bond donors (Lipinski definition) is 0. The summed E-state index contributed by atoms with van der Waals surface area (Å²) in [5.74, 6) is 3.78. The van der Waals surface area contributed by atoms with Crippen LogP contribution in [0.4, 0.5) is 0 Å².